The van der Waals surface area contributed by atoms with Crippen molar-refractivity contribution in [2.45, 2.75) is 57.7 Å². The highest BCUT2D eigenvalue weighted by molar-refractivity contribution is 5.78. The summed E-state index contributed by atoms with van der Waals surface area (Å²) < 4.78 is 2.15. The molecule has 1 aliphatic carbocycles. The van der Waals surface area contributed by atoms with Gasteiger partial charge in [-0.3, -0.25) is 4.79 Å². The molecule has 6 nitrogen and oxygen atoms in total. The van der Waals surface area contributed by atoms with E-state index in [1.54, 1.807) is 4.90 Å². The number of nitrogens with two attached hydrogens (primary N) is 1. The van der Waals surface area contributed by atoms with Gasteiger partial charge < -0.3 is 15.2 Å². The molecule has 0 radical (unpaired) electrons. The molecule has 2 N–H and O–H groups in total. The van der Waals surface area contributed by atoms with Gasteiger partial charge in [0.1, 0.15) is 5.82 Å². The van der Waals surface area contributed by atoms with Gasteiger partial charge >= 0.3 is 0 Å². The lowest BCUT2D eigenvalue weighted by Gasteiger charge is -2.29. The van der Waals surface area contributed by atoms with Crippen molar-refractivity contribution in [3.63, 3.8) is 0 Å². The van der Waals surface area contributed by atoms with Crippen LogP contribution in [0.4, 0.5) is 0 Å². The van der Waals surface area contributed by atoms with Gasteiger partial charge in [-0.25, -0.2) is 0 Å². The summed E-state index contributed by atoms with van der Waals surface area (Å²) in [4.78, 5) is 14.3. The molecule has 0 bridgehead atoms. The minimum Gasteiger partial charge on any atom is -0.338 e. The Hall–Kier alpha value is -1.43. The summed E-state index contributed by atoms with van der Waals surface area (Å²) in [6.45, 7) is 1.53. The number of nitrogens with zero attached hydrogens (tertiary/aromatic N) is 4. The van der Waals surface area contributed by atoms with E-state index >= 15 is 0 Å². The molecule has 0 saturated heterocycles. The number of hydrogen-bond acceptors (Lipinski definition) is 4. The lowest BCUT2D eigenvalue weighted by atomic mass is 9.85. The second kappa shape index (κ2) is 5.52. The van der Waals surface area contributed by atoms with E-state index in [9.17, 15) is 4.79 Å². The standard InChI is InChI=1S/C14H23N5O/c1-18(14(20)10-4-2-5-11(15)8-10)9-13-17-16-12-6-3-7-19(12)13/h10-11H,2-9,15H2,1H3. The molecule has 1 fully saturated rings. The van der Waals surface area contributed by atoms with Gasteiger partial charge in [-0.2, -0.15) is 0 Å². The van der Waals surface area contributed by atoms with E-state index in [4.69, 9.17) is 5.73 Å². The first-order valence-corrected chi connectivity index (χ1v) is 7.56. The van der Waals surface area contributed by atoms with Gasteiger partial charge in [-0.05, 0) is 25.7 Å². The molecule has 1 aliphatic heterocycles. The SMILES string of the molecule is CN(Cc1nnc2n1CCC2)C(=O)C1CCCC(N)C1. The largest absolute Gasteiger partial charge is 0.338 e. The number of aromatic nitrogens is 3. The first kappa shape index (κ1) is 13.5. The fraction of sp³-hybridized carbons (Fsp3) is 0.786. The first-order valence-electron chi connectivity index (χ1n) is 7.56. The van der Waals surface area contributed by atoms with E-state index in [1.165, 1.54) is 0 Å². The normalized spacial score (nSPS) is 25.5. The lowest BCUT2D eigenvalue weighted by molar-refractivity contribution is -0.136. The summed E-state index contributed by atoms with van der Waals surface area (Å²) >= 11 is 0. The molecular weight excluding hydrogens is 254 g/mol. The summed E-state index contributed by atoms with van der Waals surface area (Å²) in [6, 6.07) is 0.184. The van der Waals surface area contributed by atoms with E-state index in [2.05, 4.69) is 14.8 Å². The number of aryl methyl sites for hydroxylation is 1. The van der Waals surface area contributed by atoms with Crippen LogP contribution in [0.25, 0.3) is 0 Å². The van der Waals surface area contributed by atoms with Crippen molar-refractivity contribution in [3.8, 4) is 0 Å². The van der Waals surface area contributed by atoms with Gasteiger partial charge in [0.05, 0.1) is 6.54 Å². The molecule has 2 aliphatic rings. The Morgan fingerprint density at radius 1 is 1.40 bits per heavy atom. The minimum absolute atomic E-state index is 0.0877. The molecule has 1 aromatic heterocycles. The molecule has 0 aromatic carbocycles. The predicted octanol–water partition coefficient (Wildman–Crippen LogP) is 0.700. The summed E-state index contributed by atoms with van der Waals surface area (Å²) in [5, 5.41) is 8.40. The highest BCUT2D eigenvalue weighted by Gasteiger charge is 2.28. The summed E-state index contributed by atoms with van der Waals surface area (Å²) in [7, 11) is 1.86. The third-order valence-corrected chi connectivity index (χ3v) is 4.50. The summed E-state index contributed by atoms with van der Waals surface area (Å²) in [5.74, 6) is 2.26. The van der Waals surface area contributed by atoms with Crippen LogP contribution in [0.5, 0.6) is 0 Å². The smallest absolute Gasteiger partial charge is 0.225 e. The molecule has 110 valence electrons. The van der Waals surface area contributed by atoms with E-state index < -0.39 is 0 Å². The van der Waals surface area contributed by atoms with Crippen molar-refractivity contribution in [2.75, 3.05) is 7.05 Å². The van der Waals surface area contributed by atoms with Crippen LogP contribution in [0.1, 0.15) is 43.8 Å². The number of carbonyl (C=O) groups is 1. The van der Waals surface area contributed by atoms with Crippen LogP contribution in [-0.4, -0.2) is 38.7 Å². The maximum absolute atomic E-state index is 12.5. The number of fused-ring (bicyclic) bond motifs is 1. The Labute approximate surface area is 119 Å². The molecule has 0 spiro atoms. The molecule has 1 amide bonds. The van der Waals surface area contributed by atoms with Crippen molar-refractivity contribution in [1.82, 2.24) is 19.7 Å². The number of rotatable bonds is 3. The van der Waals surface area contributed by atoms with Crippen molar-refractivity contribution in [1.29, 1.82) is 0 Å². The van der Waals surface area contributed by atoms with Crippen LogP contribution in [-0.2, 0) is 24.3 Å². The van der Waals surface area contributed by atoms with Gasteiger partial charge in [-0.1, -0.05) is 6.42 Å². The summed E-state index contributed by atoms with van der Waals surface area (Å²) in [6.07, 6.45) is 6.03. The molecule has 3 rings (SSSR count). The number of hydrogen-bond donors (Lipinski definition) is 1. The van der Waals surface area contributed by atoms with Gasteiger partial charge in [0.25, 0.3) is 0 Å². The van der Waals surface area contributed by atoms with Crippen molar-refractivity contribution in [3.05, 3.63) is 11.6 Å². The third kappa shape index (κ3) is 2.57. The Kier molecular flexibility index (Phi) is 3.74. The number of amides is 1. The monoisotopic (exact) mass is 277 g/mol. The van der Waals surface area contributed by atoms with Crippen molar-refractivity contribution in [2.24, 2.45) is 11.7 Å². The van der Waals surface area contributed by atoms with Crippen LogP contribution in [0, 0.1) is 5.92 Å². The zero-order valence-electron chi connectivity index (χ0n) is 12.1. The van der Waals surface area contributed by atoms with E-state index in [-0.39, 0.29) is 17.9 Å². The highest BCUT2D eigenvalue weighted by Crippen LogP contribution is 2.25. The zero-order chi connectivity index (χ0) is 14.1. The first-order chi connectivity index (χ1) is 9.65. The Morgan fingerprint density at radius 2 is 2.25 bits per heavy atom. The summed E-state index contributed by atoms with van der Waals surface area (Å²) in [5.41, 5.74) is 5.98. The molecule has 1 aromatic rings. The molecule has 2 unspecified atom stereocenters. The molecule has 2 heterocycles. The zero-order valence-corrected chi connectivity index (χ0v) is 12.1. The number of carbonyl (C=O) groups excluding carboxylic acids is 1. The molecule has 6 heteroatoms. The lowest BCUT2D eigenvalue weighted by Crippen LogP contribution is -2.38. The fourth-order valence-corrected chi connectivity index (χ4v) is 3.38. The maximum atomic E-state index is 12.5. The van der Waals surface area contributed by atoms with E-state index in [0.29, 0.717) is 6.54 Å². The maximum Gasteiger partial charge on any atom is 0.225 e. The second-order valence-electron chi connectivity index (χ2n) is 6.11. The van der Waals surface area contributed by atoms with Crippen molar-refractivity contribution >= 4 is 5.91 Å². The van der Waals surface area contributed by atoms with Gasteiger partial charge in [-0.15, -0.1) is 10.2 Å². The van der Waals surface area contributed by atoms with Crippen LogP contribution in [0.2, 0.25) is 0 Å². The van der Waals surface area contributed by atoms with E-state index in [1.807, 2.05) is 7.05 Å². The van der Waals surface area contributed by atoms with Crippen LogP contribution in [0.3, 0.4) is 0 Å². The molecular formula is C14H23N5O. The van der Waals surface area contributed by atoms with Crippen molar-refractivity contribution < 1.29 is 4.79 Å². The molecule has 2 atom stereocenters. The second-order valence-corrected chi connectivity index (χ2v) is 6.11. The van der Waals surface area contributed by atoms with Crippen LogP contribution < -0.4 is 5.73 Å². The van der Waals surface area contributed by atoms with Crippen LogP contribution >= 0.6 is 0 Å². The highest BCUT2D eigenvalue weighted by atomic mass is 16.2. The topological polar surface area (TPSA) is 77.0 Å². The Bertz CT molecular complexity index is 498. The van der Waals surface area contributed by atoms with Crippen LogP contribution in [0.15, 0.2) is 0 Å². The van der Waals surface area contributed by atoms with E-state index in [0.717, 1.165) is 56.7 Å². The molecule has 1 saturated carbocycles. The van der Waals surface area contributed by atoms with Gasteiger partial charge in [0.2, 0.25) is 5.91 Å². The average molecular weight is 277 g/mol. The predicted molar refractivity (Wildman–Crippen MR) is 74.8 cm³/mol. The third-order valence-electron chi connectivity index (χ3n) is 4.50. The molecule has 20 heavy (non-hydrogen) atoms. The Balaban J connectivity index is 1.63. The fourth-order valence-electron chi connectivity index (χ4n) is 3.38. The quantitative estimate of drug-likeness (QED) is 0.882. The minimum atomic E-state index is 0.0877. The van der Waals surface area contributed by atoms with Gasteiger partial charge in [0, 0.05) is 32.0 Å². The van der Waals surface area contributed by atoms with Gasteiger partial charge in [0.15, 0.2) is 5.82 Å². The average Bonchev–Trinajstić information content (AvgIpc) is 3.03. The Morgan fingerprint density at radius 3 is 3.05 bits per heavy atom.